The zero-order valence-electron chi connectivity index (χ0n) is 17.8. The smallest absolute Gasteiger partial charge is 0.226 e. The Morgan fingerprint density at radius 3 is 2.38 bits per heavy atom. The number of carbonyl (C=O) groups excluding carboxylic acids is 1. The average Bonchev–Trinajstić information content (AvgIpc) is 2.68. The number of hydrogen-bond donors (Lipinski definition) is 3. The summed E-state index contributed by atoms with van der Waals surface area (Å²) >= 11 is 3.44. The van der Waals surface area contributed by atoms with Crippen LogP contribution in [0, 0.1) is 17.3 Å². The molecule has 0 aliphatic rings. The SMILES string of the molecule is CC#C/C=C\C=C\CC(O)/C(Br)=C(C)/C=C/C=C\C=C(\C)[C@@H](O)C(C)(C)C(N)=O. The monoisotopic (exact) mass is 461 g/mol. The highest BCUT2D eigenvalue weighted by molar-refractivity contribution is 9.11. The zero-order chi connectivity index (χ0) is 22.4. The largest absolute Gasteiger partial charge is 0.388 e. The maximum absolute atomic E-state index is 11.4. The van der Waals surface area contributed by atoms with Crippen LogP contribution in [0.25, 0.3) is 0 Å². The summed E-state index contributed by atoms with van der Waals surface area (Å²) in [5.41, 5.74) is 5.85. The molecule has 0 aromatic rings. The Bertz CT molecular complexity index is 787. The van der Waals surface area contributed by atoms with E-state index in [-0.39, 0.29) is 0 Å². The highest BCUT2D eigenvalue weighted by Gasteiger charge is 2.34. The Morgan fingerprint density at radius 1 is 1.14 bits per heavy atom. The third kappa shape index (κ3) is 10.3. The van der Waals surface area contributed by atoms with Crippen molar-refractivity contribution in [1.82, 2.24) is 0 Å². The van der Waals surface area contributed by atoms with Crippen molar-refractivity contribution >= 4 is 21.8 Å². The third-order valence-electron chi connectivity index (χ3n) is 4.28. The number of allylic oxidation sites excluding steroid dienone is 9. The van der Waals surface area contributed by atoms with Gasteiger partial charge in [-0.15, -0.1) is 5.92 Å². The Kier molecular flexibility index (Phi) is 12.9. The van der Waals surface area contributed by atoms with Gasteiger partial charge in [-0.25, -0.2) is 0 Å². The lowest BCUT2D eigenvalue weighted by Gasteiger charge is -2.27. The second kappa shape index (κ2) is 13.9. The van der Waals surface area contributed by atoms with E-state index < -0.39 is 23.5 Å². The highest BCUT2D eigenvalue weighted by atomic mass is 79.9. The normalized spacial score (nSPS) is 16.3. The first-order valence-electron chi connectivity index (χ1n) is 9.33. The standard InChI is InChI=1S/C24H32BrNO3/c1-6-7-8-9-10-14-17-20(27)21(25)18(2)15-12-11-13-16-19(3)22(28)24(4,5)23(26)29/h8-16,20,22,27-28H,17H2,1-5H3,(H2,26,29)/b9-8-,13-11-,14-10+,15-12+,19-16-,21-18-/t20?,22-/m1/s1. The van der Waals surface area contributed by atoms with E-state index in [2.05, 4.69) is 27.8 Å². The molecule has 0 heterocycles. The lowest BCUT2D eigenvalue weighted by Crippen LogP contribution is -2.42. The minimum absolute atomic E-state index is 0.487. The first-order valence-corrected chi connectivity index (χ1v) is 10.1. The molecule has 1 amide bonds. The van der Waals surface area contributed by atoms with Crippen LogP contribution in [0.4, 0.5) is 0 Å². The van der Waals surface area contributed by atoms with Gasteiger partial charge in [0.1, 0.15) is 0 Å². The van der Waals surface area contributed by atoms with Crippen LogP contribution in [0.3, 0.4) is 0 Å². The lowest BCUT2D eigenvalue weighted by molar-refractivity contribution is -0.130. The molecule has 4 N–H and O–H groups in total. The zero-order valence-corrected chi connectivity index (χ0v) is 19.4. The van der Waals surface area contributed by atoms with Gasteiger partial charge in [-0.2, -0.15) is 0 Å². The molecular weight excluding hydrogens is 430 g/mol. The fourth-order valence-electron chi connectivity index (χ4n) is 2.19. The van der Waals surface area contributed by atoms with Gasteiger partial charge in [0, 0.05) is 4.48 Å². The molecule has 5 heteroatoms. The number of hydrogen-bond acceptors (Lipinski definition) is 3. The summed E-state index contributed by atoms with van der Waals surface area (Å²) in [6, 6.07) is 0. The van der Waals surface area contributed by atoms with E-state index >= 15 is 0 Å². The Hall–Kier alpha value is -2.13. The van der Waals surface area contributed by atoms with Crippen LogP contribution in [0.15, 0.2) is 70.3 Å². The van der Waals surface area contributed by atoms with Gasteiger partial charge in [-0.05, 0) is 58.3 Å². The van der Waals surface area contributed by atoms with Crippen molar-refractivity contribution in [3.05, 3.63) is 70.3 Å². The molecule has 0 saturated carbocycles. The van der Waals surface area contributed by atoms with E-state index in [0.717, 1.165) is 10.1 Å². The number of nitrogens with two attached hydrogens (primary N) is 1. The summed E-state index contributed by atoms with van der Waals surface area (Å²) in [5.74, 6) is 5.04. The van der Waals surface area contributed by atoms with Gasteiger partial charge in [0.2, 0.25) is 5.91 Å². The van der Waals surface area contributed by atoms with Gasteiger partial charge in [-0.1, -0.05) is 70.5 Å². The van der Waals surface area contributed by atoms with Crippen LogP contribution in [-0.2, 0) is 4.79 Å². The summed E-state index contributed by atoms with van der Waals surface area (Å²) in [4.78, 5) is 11.4. The molecule has 2 atom stereocenters. The summed E-state index contributed by atoms with van der Waals surface area (Å²) < 4.78 is 0.717. The highest BCUT2D eigenvalue weighted by Crippen LogP contribution is 2.25. The van der Waals surface area contributed by atoms with Gasteiger partial charge >= 0.3 is 0 Å². The first-order chi connectivity index (χ1) is 13.6. The number of carbonyl (C=O) groups is 1. The maximum Gasteiger partial charge on any atom is 0.226 e. The van der Waals surface area contributed by atoms with E-state index in [1.165, 1.54) is 0 Å². The molecule has 4 nitrogen and oxygen atoms in total. The minimum Gasteiger partial charge on any atom is -0.388 e. The van der Waals surface area contributed by atoms with Crippen molar-refractivity contribution < 1.29 is 15.0 Å². The molecule has 0 aromatic heterocycles. The second-order valence-corrected chi connectivity index (χ2v) is 7.96. The summed E-state index contributed by atoms with van der Waals surface area (Å²) in [5, 5.41) is 20.5. The van der Waals surface area contributed by atoms with Crippen LogP contribution in [0.5, 0.6) is 0 Å². The van der Waals surface area contributed by atoms with E-state index in [1.807, 2.05) is 43.4 Å². The quantitative estimate of drug-likeness (QED) is 0.331. The summed E-state index contributed by atoms with van der Waals surface area (Å²) in [6.45, 7) is 8.65. The average molecular weight is 462 g/mol. The molecule has 0 rings (SSSR count). The molecule has 0 fully saturated rings. The van der Waals surface area contributed by atoms with Crippen LogP contribution >= 0.6 is 15.9 Å². The molecule has 158 valence electrons. The number of aliphatic hydroxyl groups is 2. The molecule has 0 aromatic carbocycles. The Balaban J connectivity index is 4.87. The Labute approximate surface area is 183 Å². The molecule has 0 bridgehead atoms. The van der Waals surface area contributed by atoms with Gasteiger partial charge in [0.15, 0.2) is 0 Å². The van der Waals surface area contributed by atoms with Crippen molar-refractivity contribution in [3.63, 3.8) is 0 Å². The number of amides is 1. The number of halogens is 1. The van der Waals surface area contributed by atoms with Crippen LogP contribution in [0.2, 0.25) is 0 Å². The molecule has 0 radical (unpaired) electrons. The van der Waals surface area contributed by atoms with Gasteiger partial charge in [-0.3, -0.25) is 4.79 Å². The number of rotatable bonds is 10. The molecule has 0 aliphatic heterocycles. The van der Waals surface area contributed by atoms with Crippen LogP contribution < -0.4 is 5.73 Å². The van der Waals surface area contributed by atoms with Crippen LogP contribution in [0.1, 0.15) is 41.0 Å². The predicted molar refractivity (Wildman–Crippen MR) is 125 cm³/mol. The van der Waals surface area contributed by atoms with Crippen molar-refractivity contribution in [3.8, 4) is 11.8 Å². The Morgan fingerprint density at radius 2 is 1.79 bits per heavy atom. The van der Waals surface area contributed by atoms with E-state index in [9.17, 15) is 15.0 Å². The summed E-state index contributed by atoms with van der Waals surface area (Å²) in [6.07, 6.45) is 15.3. The topological polar surface area (TPSA) is 83.6 Å². The van der Waals surface area contributed by atoms with Crippen molar-refractivity contribution in [2.75, 3.05) is 0 Å². The van der Waals surface area contributed by atoms with Gasteiger partial charge in [0.25, 0.3) is 0 Å². The number of aliphatic hydroxyl groups excluding tert-OH is 2. The summed E-state index contributed by atoms with van der Waals surface area (Å²) in [7, 11) is 0. The molecule has 0 saturated heterocycles. The van der Waals surface area contributed by atoms with Crippen LogP contribution in [-0.4, -0.2) is 28.3 Å². The van der Waals surface area contributed by atoms with Crippen molar-refractivity contribution in [2.24, 2.45) is 11.1 Å². The fourth-order valence-corrected chi connectivity index (χ4v) is 2.50. The minimum atomic E-state index is -1.03. The molecular formula is C24H32BrNO3. The molecule has 0 aliphatic carbocycles. The van der Waals surface area contributed by atoms with Crippen molar-refractivity contribution in [2.45, 2.75) is 53.2 Å². The number of primary amides is 1. The third-order valence-corrected chi connectivity index (χ3v) is 5.43. The van der Waals surface area contributed by atoms with E-state index in [0.29, 0.717) is 12.0 Å². The molecule has 0 spiro atoms. The fraction of sp³-hybridized carbons (Fsp3) is 0.375. The first kappa shape index (κ1) is 26.9. The van der Waals surface area contributed by atoms with Crippen molar-refractivity contribution in [1.29, 1.82) is 0 Å². The van der Waals surface area contributed by atoms with E-state index in [1.54, 1.807) is 45.9 Å². The molecule has 1 unspecified atom stereocenters. The van der Waals surface area contributed by atoms with Gasteiger partial charge in [0.05, 0.1) is 17.6 Å². The molecule has 29 heavy (non-hydrogen) atoms. The lowest BCUT2D eigenvalue weighted by atomic mass is 9.82. The second-order valence-electron chi connectivity index (χ2n) is 7.11. The maximum atomic E-state index is 11.4. The predicted octanol–water partition coefficient (Wildman–Crippen LogP) is 4.47. The van der Waals surface area contributed by atoms with Gasteiger partial charge < -0.3 is 15.9 Å². The van der Waals surface area contributed by atoms with E-state index in [4.69, 9.17) is 5.73 Å².